The molecule has 1 aliphatic carbocycles. The Morgan fingerprint density at radius 3 is 2.27 bits per heavy atom. The van der Waals surface area contributed by atoms with Crippen LogP contribution in [0.4, 0.5) is 5.69 Å². The number of fused-ring (bicyclic) bond motifs is 2. The van der Waals surface area contributed by atoms with Crippen LogP contribution in [0.15, 0.2) is 48.5 Å². The smallest absolute Gasteiger partial charge is 0.269 e. The Bertz CT molecular complexity index is 1150. The number of hydrogen-bond acceptors (Lipinski definition) is 5. The minimum atomic E-state index is -0.485. The van der Waals surface area contributed by atoms with Gasteiger partial charge in [-0.1, -0.05) is 48.7 Å². The van der Waals surface area contributed by atoms with E-state index in [2.05, 4.69) is 12.1 Å². The van der Waals surface area contributed by atoms with Gasteiger partial charge in [0.15, 0.2) is 5.69 Å². The number of non-ortho nitro benzene ring substituents is 1. The number of nitrogens with zero attached hydrogens (tertiary/aromatic N) is 4. The fourth-order valence-electron chi connectivity index (χ4n) is 3.72. The predicted molar refractivity (Wildman–Crippen MR) is 108 cm³/mol. The van der Waals surface area contributed by atoms with Gasteiger partial charge in [0.25, 0.3) is 11.4 Å². The first-order valence-corrected chi connectivity index (χ1v) is 9.99. The summed E-state index contributed by atoms with van der Waals surface area (Å²) in [4.78, 5) is 37.0. The second-order valence-electron chi connectivity index (χ2n) is 7.26. The number of carbonyl (C=O) groups excluding carboxylic acids is 2. The summed E-state index contributed by atoms with van der Waals surface area (Å²) in [7, 11) is 0. The highest BCUT2D eigenvalue weighted by Gasteiger charge is 2.43. The van der Waals surface area contributed by atoms with Gasteiger partial charge in [0, 0.05) is 23.3 Å². The van der Waals surface area contributed by atoms with Crippen LogP contribution >= 0.6 is 0 Å². The lowest BCUT2D eigenvalue weighted by Crippen LogP contribution is -2.43. The SMILES string of the molecule is CCCCCC[n+]1nn(-c2ccc([N+](=O)[O-])cc2)c2c1C(=O)c1ccccc1C2=O. The van der Waals surface area contributed by atoms with E-state index < -0.39 is 4.92 Å². The van der Waals surface area contributed by atoms with Crippen molar-refractivity contribution >= 4 is 17.3 Å². The highest BCUT2D eigenvalue weighted by molar-refractivity contribution is 6.26. The summed E-state index contributed by atoms with van der Waals surface area (Å²) in [5.41, 5.74) is 1.62. The highest BCUT2D eigenvalue weighted by atomic mass is 16.6. The van der Waals surface area contributed by atoms with Gasteiger partial charge in [0.05, 0.1) is 10.1 Å². The monoisotopic (exact) mass is 405 g/mol. The summed E-state index contributed by atoms with van der Waals surface area (Å²) >= 11 is 0. The van der Waals surface area contributed by atoms with Crippen LogP contribution in [0, 0.1) is 10.1 Å². The zero-order valence-electron chi connectivity index (χ0n) is 16.6. The molecule has 0 aliphatic heterocycles. The van der Waals surface area contributed by atoms with E-state index in [1.807, 2.05) is 0 Å². The number of benzene rings is 2. The third kappa shape index (κ3) is 3.30. The number of ketones is 2. The zero-order chi connectivity index (χ0) is 21.3. The zero-order valence-corrected chi connectivity index (χ0v) is 16.6. The number of nitro groups is 1. The molecule has 0 saturated heterocycles. The fourth-order valence-corrected chi connectivity index (χ4v) is 3.72. The molecule has 0 radical (unpaired) electrons. The van der Waals surface area contributed by atoms with Crippen LogP contribution in [0.5, 0.6) is 0 Å². The van der Waals surface area contributed by atoms with Crippen LogP contribution in [-0.4, -0.2) is 26.4 Å². The van der Waals surface area contributed by atoms with Crippen molar-refractivity contribution in [3.8, 4) is 5.69 Å². The molecule has 0 fully saturated rings. The third-order valence-corrected chi connectivity index (χ3v) is 5.27. The molecule has 1 heterocycles. The molecule has 0 spiro atoms. The van der Waals surface area contributed by atoms with Gasteiger partial charge in [0.1, 0.15) is 6.54 Å². The van der Waals surface area contributed by atoms with E-state index in [-0.39, 0.29) is 28.6 Å². The molecule has 8 nitrogen and oxygen atoms in total. The van der Waals surface area contributed by atoms with Crippen molar-refractivity contribution in [2.75, 3.05) is 0 Å². The van der Waals surface area contributed by atoms with Crippen LogP contribution < -0.4 is 4.68 Å². The van der Waals surface area contributed by atoms with Crippen LogP contribution in [0.2, 0.25) is 0 Å². The molecule has 1 aliphatic rings. The molecule has 8 heteroatoms. The predicted octanol–water partition coefficient (Wildman–Crippen LogP) is 3.42. The van der Waals surface area contributed by atoms with E-state index >= 15 is 0 Å². The van der Waals surface area contributed by atoms with Crippen LogP contribution in [0.3, 0.4) is 0 Å². The first-order chi connectivity index (χ1) is 14.5. The minimum Gasteiger partial charge on any atom is -0.284 e. The lowest BCUT2D eigenvalue weighted by molar-refractivity contribution is -0.756. The summed E-state index contributed by atoms with van der Waals surface area (Å²) in [5.74, 6) is -0.512. The average Bonchev–Trinajstić information content (AvgIpc) is 3.15. The number of rotatable bonds is 7. The topological polar surface area (TPSA) is 99.0 Å². The molecule has 4 rings (SSSR count). The summed E-state index contributed by atoms with van der Waals surface area (Å²) in [6.45, 7) is 2.64. The largest absolute Gasteiger partial charge is 0.284 e. The fraction of sp³-hybridized carbons (Fsp3) is 0.273. The molecule has 3 aromatic rings. The van der Waals surface area contributed by atoms with E-state index in [1.54, 1.807) is 28.9 Å². The summed E-state index contributed by atoms with van der Waals surface area (Å²) in [5, 5.41) is 15.5. The number of aromatic nitrogens is 3. The lowest BCUT2D eigenvalue weighted by Gasteiger charge is -2.11. The Hall–Kier alpha value is -3.68. The summed E-state index contributed by atoms with van der Waals surface area (Å²) in [6, 6.07) is 12.5. The van der Waals surface area contributed by atoms with E-state index in [0.29, 0.717) is 23.4 Å². The van der Waals surface area contributed by atoms with E-state index in [1.165, 1.54) is 28.9 Å². The van der Waals surface area contributed by atoms with Gasteiger partial charge in [0.2, 0.25) is 17.3 Å². The molecular formula is C22H21N4O4+. The first kappa shape index (κ1) is 19.6. The average molecular weight is 405 g/mol. The quantitative estimate of drug-likeness (QED) is 0.203. The van der Waals surface area contributed by atoms with Gasteiger partial charge < -0.3 is 0 Å². The molecule has 0 bridgehead atoms. The second-order valence-corrected chi connectivity index (χ2v) is 7.26. The van der Waals surface area contributed by atoms with Crippen molar-refractivity contribution < 1.29 is 19.2 Å². The summed E-state index contributed by atoms with van der Waals surface area (Å²) < 4.78 is 3.03. The van der Waals surface area contributed by atoms with E-state index in [0.717, 1.165) is 25.7 Å². The maximum atomic E-state index is 13.3. The molecule has 0 amide bonds. The molecule has 2 aromatic carbocycles. The van der Waals surface area contributed by atoms with Crippen molar-refractivity contribution in [3.05, 3.63) is 81.2 Å². The molecule has 30 heavy (non-hydrogen) atoms. The van der Waals surface area contributed by atoms with Crippen molar-refractivity contribution in [1.29, 1.82) is 0 Å². The first-order valence-electron chi connectivity index (χ1n) is 9.99. The Morgan fingerprint density at radius 2 is 1.63 bits per heavy atom. The molecule has 0 unspecified atom stereocenters. The molecule has 1 aromatic heterocycles. The Labute approximate surface area is 172 Å². The standard InChI is InChI=1S/C22H21N4O4/c1-2-3-4-7-14-24-19-20(22(28)18-9-6-5-8-17(18)21(19)27)25(23-24)15-10-12-16(13-11-15)26(29)30/h5-6,8-13H,2-4,7,14H2,1H3/q+1. The maximum Gasteiger partial charge on any atom is 0.269 e. The van der Waals surface area contributed by atoms with Gasteiger partial charge in [-0.15, -0.1) is 4.68 Å². The maximum absolute atomic E-state index is 13.3. The van der Waals surface area contributed by atoms with Crippen LogP contribution in [0.1, 0.15) is 64.7 Å². The van der Waals surface area contributed by atoms with Crippen LogP contribution in [-0.2, 0) is 6.54 Å². The van der Waals surface area contributed by atoms with E-state index in [9.17, 15) is 19.7 Å². The highest BCUT2D eigenvalue weighted by Crippen LogP contribution is 2.27. The van der Waals surface area contributed by atoms with Gasteiger partial charge in [-0.25, -0.2) is 0 Å². The van der Waals surface area contributed by atoms with Crippen molar-refractivity contribution in [3.63, 3.8) is 0 Å². The third-order valence-electron chi connectivity index (χ3n) is 5.27. The lowest BCUT2D eigenvalue weighted by atomic mass is 9.90. The number of carbonyl (C=O) groups is 2. The van der Waals surface area contributed by atoms with Crippen molar-refractivity contribution in [2.24, 2.45) is 0 Å². The van der Waals surface area contributed by atoms with Gasteiger partial charge in [-0.2, -0.15) is 0 Å². The van der Waals surface area contributed by atoms with Gasteiger partial charge >= 0.3 is 0 Å². The van der Waals surface area contributed by atoms with Crippen LogP contribution in [0.25, 0.3) is 5.69 Å². The Balaban J connectivity index is 1.83. The molecule has 0 atom stereocenters. The number of unbranched alkanes of at least 4 members (excludes halogenated alkanes) is 3. The van der Waals surface area contributed by atoms with Gasteiger partial charge in [-0.05, 0) is 25.0 Å². The number of aryl methyl sites for hydroxylation is 1. The van der Waals surface area contributed by atoms with Crippen molar-refractivity contribution in [1.82, 2.24) is 9.90 Å². The number of hydrogen-bond donors (Lipinski definition) is 0. The molecule has 152 valence electrons. The van der Waals surface area contributed by atoms with E-state index in [4.69, 9.17) is 0 Å². The second kappa shape index (κ2) is 7.98. The normalized spacial score (nSPS) is 12.6. The number of nitro benzene ring substituents is 1. The molecule has 0 saturated carbocycles. The van der Waals surface area contributed by atoms with Gasteiger partial charge in [-0.3, -0.25) is 19.7 Å². The minimum absolute atomic E-state index is 0.0556. The Kier molecular flexibility index (Phi) is 5.22. The molecular weight excluding hydrogens is 384 g/mol. The summed E-state index contributed by atoms with van der Waals surface area (Å²) in [6.07, 6.45) is 4.01. The Morgan fingerprint density at radius 1 is 0.967 bits per heavy atom. The van der Waals surface area contributed by atoms with Crippen molar-refractivity contribution in [2.45, 2.75) is 39.2 Å². The molecule has 0 N–H and O–H groups in total.